The summed E-state index contributed by atoms with van der Waals surface area (Å²) in [6.07, 6.45) is 0. The summed E-state index contributed by atoms with van der Waals surface area (Å²) < 4.78 is 57.8. The molecule has 0 unspecified atom stereocenters. The second-order valence-corrected chi connectivity index (χ2v) is 9.52. The Labute approximate surface area is 239 Å². The van der Waals surface area contributed by atoms with Crippen molar-refractivity contribution in [1.82, 2.24) is 5.32 Å². The Morgan fingerprint density at radius 3 is 2.38 bits per heavy atom. The number of carbonyl (C=O) groups excluding carboxylic acids is 1. The number of likely N-dealkylation sites (N-methyl/N-ethyl adjacent to an activating group) is 1. The molecule has 12 heteroatoms. The molecule has 0 atom stereocenters. The van der Waals surface area contributed by atoms with Gasteiger partial charge in [0, 0.05) is 42.2 Å². The molecule has 0 saturated carbocycles. The summed E-state index contributed by atoms with van der Waals surface area (Å²) in [6.45, 7) is 2.68. The summed E-state index contributed by atoms with van der Waals surface area (Å²) in [7, 11) is 1.54. The third-order valence-corrected chi connectivity index (χ3v) is 6.78. The lowest BCUT2D eigenvalue weighted by Crippen LogP contribution is -2.38. The minimum atomic E-state index is -0.999. The van der Waals surface area contributed by atoms with Gasteiger partial charge >= 0.3 is 0 Å². The van der Waals surface area contributed by atoms with E-state index in [1.165, 1.54) is 0 Å². The standard InChI is InChI=1S/C30H30F2N2O8/c1-33-29(37)17-34-4-5-38-6-7-39-8-9-40-10-11-41-28-12-18(2-3-23(28)34)30-19-13-21(31)24(35)15-26(19)42-27-16-25(36)22(32)14-20(27)30/h2-3,12-16,35H,4-11,17H2,1H3,(H,33,37). The number of hydrogen-bond acceptors (Lipinski definition) is 9. The number of nitrogens with zero attached hydrogens (tertiary/aromatic N) is 1. The molecule has 3 aliphatic rings. The Balaban J connectivity index is 1.67. The summed E-state index contributed by atoms with van der Waals surface area (Å²) in [4.78, 5) is 26.3. The molecule has 42 heavy (non-hydrogen) atoms. The van der Waals surface area contributed by atoms with Gasteiger partial charge in [-0.2, -0.15) is 0 Å². The van der Waals surface area contributed by atoms with Crippen LogP contribution in [-0.2, 0) is 19.0 Å². The number of hydrogen-bond donors (Lipinski definition) is 2. The van der Waals surface area contributed by atoms with E-state index in [-0.39, 0.29) is 48.0 Å². The number of ether oxygens (including phenoxy) is 4. The van der Waals surface area contributed by atoms with Crippen LogP contribution in [0.25, 0.3) is 33.4 Å². The number of rotatable bonds is 3. The summed E-state index contributed by atoms with van der Waals surface area (Å²) in [6, 6.07) is 9.41. The van der Waals surface area contributed by atoms with Crippen molar-refractivity contribution in [2.24, 2.45) is 0 Å². The van der Waals surface area contributed by atoms with E-state index < -0.39 is 22.8 Å². The van der Waals surface area contributed by atoms with Crippen molar-refractivity contribution < 1.29 is 42.0 Å². The molecule has 2 aliphatic heterocycles. The number of phenolic OH excluding ortho intramolecular Hbond substituents is 1. The Hall–Kier alpha value is -4.26. The van der Waals surface area contributed by atoms with E-state index in [1.807, 2.05) is 0 Å². The van der Waals surface area contributed by atoms with Crippen molar-refractivity contribution in [2.45, 2.75) is 0 Å². The Morgan fingerprint density at radius 2 is 1.64 bits per heavy atom. The molecule has 0 bridgehead atoms. The van der Waals surface area contributed by atoms with Crippen LogP contribution < -0.4 is 20.4 Å². The summed E-state index contributed by atoms with van der Waals surface area (Å²) in [5.74, 6) is -2.32. The smallest absolute Gasteiger partial charge is 0.239 e. The highest BCUT2D eigenvalue weighted by molar-refractivity contribution is 6.02. The Kier molecular flexibility index (Phi) is 9.15. The van der Waals surface area contributed by atoms with Gasteiger partial charge in [-0.3, -0.25) is 9.59 Å². The van der Waals surface area contributed by atoms with Crippen molar-refractivity contribution in [3.8, 4) is 33.9 Å². The number of amides is 1. The molecule has 10 nitrogen and oxygen atoms in total. The molecule has 2 aromatic carbocycles. The largest absolute Gasteiger partial charge is 0.505 e. The molecule has 5 rings (SSSR count). The van der Waals surface area contributed by atoms with E-state index in [4.69, 9.17) is 23.4 Å². The van der Waals surface area contributed by atoms with Gasteiger partial charge in [-0.1, -0.05) is 6.07 Å². The first-order chi connectivity index (χ1) is 20.4. The highest BCUT2D eigenvalue weighted by Gasteiger charge is 2.23. The molecule has 0 saturated heterocycles. The van der Waals surface area contributed by atoms with Crippen LogP contribution in [0.2, 0.25) is 0 Å². The lowest BCUT2D eigenvalue weighted by molar-refractivity contribution is -0.119. The first kappa shape index (κ1) is 29.2. The van der Waals surface area contributed by atoms with Crippen molar-refractivity contribution in [3.63, 3.8) is 0 Å². The van der Waals surface area contributed by atoms with Crippen molar-refractivity contribution in [2.75, 3.05) is 71.3 Å². The molecule has 1 aliphatic carbocycles. The van der Waals surface area contributed by atoms with Crippen LogP contribution in [0.4, 0.5) is 14.5 Å². The molecule has 0 fully saturated rings. The van der Waals surface area contributed by atoms with Gasteiger partial charge in [0.05, 0.1) is 51.9 Å². The SMILES string of the molecule is CNC(=O)CN1CCOCCOCCOCCOc2cc(-c3c4cc(F)c(=O)cc-4oc4cc(O)c(F)cc34)ccc21. The number of halogens is 2. The average Bonchev–Trinajstić information content (AvgIpc) is 2.98. The van der Waals surface area contributed by atoms with Gasteiger partial charge in [-0.25, -0.2) is 8.78 Å². The van der Waals surface area contributed by atoms with Crippen LogP contribution in [0.5, 0.6) is 11.5 Å². The van der Waals surface area contributed by atoms with Crippen LogP contribution in [-0.4, -0.2) is 77.4 Å². The Bertz CT molecular complexity index is 1610. The number of nitrogens with one attached hydrogen (secondary N) is 1. The maximum atomic E-state index is 14.6. The molecule has 2 N–H and O–H groups in total. The van der Waals surface area contributed by atoms with Crippen LogP contribution in [0.15, 0.2) is 51.7 Å². The predicted molar refractivity (Wildman–Crippen MR) is 150 cm³/mol. The van der Waals surface area contributed by atoms with Gasteiger partial charge in [-0.05, 0) is 29.8 Å². The monoisotopic (exact) mass is 584 g/mol. The quantitative estimate of drug-likeness (QED) is 0.349. The third-order valence-electron chi connectivity index (χ3n) is 6.78. The van der Waals surface area contributed by atoms with Crippen LogP contribution in [0.3, 0.4) is 0 Å². The molecule has 2 aromatic rings. The van der Waals surface area contributed by atoms with Gasteiger partial charge in [-0.15, -0.1) is 0 Å². The zero-order valence-corrected chi connectivity index (χ0v) is 22.9. The number of aromatic hydroxyl groups is 1. The van der Waals surface area contributed by atoms with Gasteiger partial charge in [0.25, 0.3) is 0 Å². The van der Waals surface area contributed by atoms with Crippen molar-refractivity contribution in [3.05, 3.63) is 64.3 Å². The Morgan fingerprint density at radius 1 is 0.929 bits per heavy atom. The normalized spacial score (nSPS) is 15.5. The van der Waals surface area contributed by atoms with E-state index in [2.05, 4.69) is 5.32 Å². The highest BCUT2D eigenvalue weighted by Crippen LogP contribution is 2.44. The lowest BCUT2D eigenvalue weighted by Gasteiger charge is -2.27. The predicted octanol–water partition coefficient (Wildman–Crippen LogP) is 3.54. The molecule has 1 amide bonds. The number of benzene rings is 3. The van der Waals surface area contributed by atoms with E-state index in [0.717, 1.165) is 24.3 Å². The van der Waals surface area contributed by atoms with Crippen molar-refractivity contribution in [1.29, 1.82) is 0 Å². The van der Waals surface area contributed by atoms with Gasteiger partial charge in [0.15, 0.2) is 17.4 Å². The zero-order valence-electron chi connectivity index (χ0n) is 22.9. The fourth-order valence-corrected chi connectivity index (χ4v) is 4.72. The molecular formula is C30H30F2N2O8. The topological polar surface area (TPSA) is 120 Å². The molecule has 2 heterocycles. The number of carbonyl (C=O) groups is 1. The van der Waals surface area contributed by atoms with Gasteiger partial charge in [0.2, 0.25) is 11.3 Å². The summed E-state index contributed by atoms with van der Waals surface area (Å²) in [5, 5.41) is 12.9. The van der Waals surface area contributed by atoms with E-state index >= 15 is 0 Å². The van der Waals surface area contributed by atoms with E-state index in [9.17, 15) is 23.5 Å². The van der Waals surface area contributed by atoms with Crippen LogP contribution in [0.1, 0.15) is 0 Å². The minimum absolute atomic E-state index is 0.0145. The first-order valence-corrected chi connectivity index (χ1v) is 13.4. The minimum Gasteiger partial charge on any atom is -0.505 e. The molecular weight excluding hydrogens is 554 g/mol. The highest BCUT2D eigenvalue weighted by atomic mass is 19.1. The maximum Gasteiger partial charge on any atom is 0.239 e. The maximum absolute atomic E-state index is 14.6. The van der Waals surface area contributed by atoms with Gasteiger partial charge in [0.1, 0.15) is 23.7 Å². The fraction of sp³-hybridized carbons (Fsp3) is 0.333. The van der Waals surface area contributed by atoms with Crippen molar-refractivity contribution >= 4 is 22.6 Å². The number of phenols is 1. The average molecular weight is 585 g/mol. The molecule has 0 spiro atoms. The van der Waals surface area contributed by atoms with Crippen LogP contribution >= 0.6 is 0 Å². The summed E-state index contributed by atoms with van der Waals surface area (Å²) in [5.41, 5.74) is 0.882. The van der Waals surface area contributed by atoms with E-state index in [0.29, 0.717) is 62.1 Å². The molecule has 0 aromatic heterocycles. The second kappa shape index (κ2) is 13.1. The molecule has 222 valence electrons. The first-order valence-electron chi connectivity index (χ1n) is 13.4. The van der Waals surface area contributed by atoms with E-state index in [1.54, 1.807) is 30.1 Å². The zero-order chi connectivity index (χ0) is 29.6. The third kappa shape index (κ3) is 6.46. The number of fused-ring (bicyclic) bond motifs is 3. The fourth-order valence-electron chi connectivity index (χ4n) is 4.72. The second-order valence-electron chi connectivity index (χ2n) is 9.52. The summed E-state index contributed by atoms with van der Waals surface area (Å²) >= 11 is 0. The molecule has 0 radical (unpaired) electrons. The van der Waals surface area contributed by atoms with Crippen LogP contribution in [0, 0.1) is 11.6 Å². The lowest BCUT2D eigenvalue weighted by atomic mass is 9.93. The van der Waals surface area contributed by atoms with Gasteiger partial charge < -0.3 is 38.7 Å². The number of anilines is 1.